The highest BCUT2D eigenvalue weighted by molar-refractivity contribution is 6.33. The van der Waals surface area contributed by atoms with E-state index in [2.05, 4.69) is 12.2 Å². The molecular weight excluding hydrogens is 238 g/mol. The fourth-order valence-corrected chi connectivity index (χ4v) is 2.30. The molecule has 0 saturated heterocycles. The number of carboxylic acid groups (broad SMARTS) is 1. The molecule has 1 aromatic carbocycles. The molecule has 2 N–H and O–H groups in total. The van der Waals surface area contributed by atoms with Crippen molar-refractivity contribution in [3.8, 4) is 0 Å². The van der Waals surface area contributed by atoms with E-state index in [1.165, 1.54) is 25.3 Å². The highest BCUT2D eigenvalue weighted by Gasteiger charge is 2.31. The van der Waals surface area contributed by atoms with Crippen LogP contribution in [0.5, 0.6) is 0 Å². The Morgan fingerprint density at radius 3 is 2.71 bits per heavy atom. The molecule has 17 heavy (non-hydrogen) atoms. The van der Waals surface area contributed by atoms with Crippen LogP contribution in [0.25, 0.3) is 0 Å². The van der Waals surface area contributed by atoms with Gasteiger partial charge in [0.25, 0.3) is 0 Å². The number of carboxylic acids is 1. The third-order valence-electron chi connectivity index (χ3n) is 3.48. The Balaban J connectivity index is 2.03. The molecule has 0 aliphatic heterocycles. The van der Waals surface area contributed by atoms with Gasteiger partial charge in [-0.25, -0.2) is 4.79 Å². The monoisotopic (exact) mass is 253 g/mol. The van der Waals surface area contributed by atoms with Crippen molar-refractivity contribution in [3.05, 3.63) is 28.8 Å². The third-order valence-corrected chi connectivity index (χ3v) is 3.80. The molecule has 1 fully saturated rings. The van der Waals surface area contributed by atoms with Crippen LogP contribution < -0.4 is 5.32 Å². The number of rotatable bonds is 4. The summed E-state index contributed by atoms with van der Waals surface area (Å²) in [7, 11) is 0. The Morgan fingerprint density at radius 1 is 1.53 bits per heavy atom. The summed E-state index contributed by atoms with van der Waals surface area (Å²) in [5.74, 6) is -0.954. The third kappa shape index (κ3) is 2.72. The highest BCUT2D eigenvalue weighted by atomic mass is 35.5. The second kappa shape index (κ2) is 4.57. The van der Waals surface area contributed by atoms with E-state index < -0.39 is 5.97 Å². The maximum absolute atomic E-state index is 10.8. The number of halogens is 1. The van der Waals surface area contributed by atoms with E-state index in [1.54, 1.807) is 12.1 Å². The summed E-state index contributed by atoms with van der Waals surface area (Å²) in [5, 5.41) is 12.6. The van der Waals surface area contributed by atoms with Gasteiger partial charge in [0.15, 0.2) is 0 Å². The lowest BCUT2D eigenvalue weighted by atomic mass is 9.70. The minimum atomic E-state index is -0.954. The average molecular weight is 254 g/mol. The van der Waals surface area contributed by atoms with Gasteiger partial charge in [0.1, 0.15) is 0 Å². The predicted octanol–water partition coefficient (Wildman–Crippen LogP) is 3.64. The first-order chi connectivity index (χ1) is 8.00. The van der Waals surface area contributed by atoms with Gasteiger partial charge in [-0.2, -0.15) is 0 Å². The second-order valence-corrected chi connectivity index (χ2v) is 5.42. The summed E-state index contributed by atoms with van der Waals surface area (Å²) < 4.78 is 0. The molecule has 0 amide bonds. The zero-order valence-electron chi connectivity index (χ0n) is 9.79. The van der Waals surface area contributed by atoms with E-state index in [-0.39, 0.29) is 5.56 Å². The molecule has 92 valence electrons. The maximum atomic E-state index is 10.8. The van der Waals surface area contributed by atoms with Crippen LogP contribution in [0, 0.1) is 5.41 Å². The Hall–Kier alpha value is -1.22. The van der Waals surface area contributed by atoms with Gasteiger partial charge in [-0.1, -0.05) is 24.9 Å². The Bertz CT molecular complexity index is 441. The zero-order chi connectivity index (χ0) is 12.5. The SMILES string of the molecule is CC1(CNc2ccc(C(=O)O)cc2Cl)CCC1. The van der Waals surface area contributed by atoms with Crippen LogP contribution in [0.4, 0.5) is 5.69 Å². The van der Waals surface area contributed by atoms with E-state index in [0.717, 1.165) is 12.2 Å². The molecule has 0 bridgehead atoms. The Kier molecular flexibility index (Phi) is 3.29. The topological polar surface area (TPSA) is 49.3 Å². The first-order valence-electron chi connectivity index (χ1n) is 5.77. The number of hydrogen-bond donors (Lipinski definition) is 2. The molecule has 1 aliphatic carbocycles. The molecule has 0 spiro atoms. The minimum Gasteiger partial charge on any atom is -0.478 e. The van der Waals surface area contributed by atoms with E-state index in [1.807, 2.05) is 0 Å². The smallest absolute Gasteiger partial charge is 0.335 e. The zero-order valence-corrected chi connectivity index (χ0v) is 10.5. The van der Waals surface area contributed by atoms with Gasteiger partial charge in [-0.3, -0.25) is 0 Å². The molecule has 1 aromatic rings. The van der Waals surface area contributed by atoms with E-state index in [9.17, 15) is 4.79 Å². The van der Waals surface area contributed by atoms with Crippen molar-refractivity contribution in [1.29, 1.82) is 0 Å². The van der Waals surface area contributed by atoms with Gasteiger partial charge in [-0.15, -0.1) is 0 Å². The van der Waals surface area contributed by atoms with E-state index in [0.29, 0.717) is 10.4 Å². The molecular formula is C13H16ClNO2. The van der Waals surface area contributed by atoms with Crippen LogP contribution >= 0.6 is 11.6 Å². The van der Waals surface area contributed by atoms with Crippen molar-refractivity contribution in [1.82, 2.24) is 0 Å². The largest absolute Gasteiger partial charge is 0.478 e. The summed E-state index contributed by atoms with van der Waals surface area (Å²) in [4.78, 5) is 10.8. The standard InChI is InChI=1S/C13H16ClNO2/c1-13(5-2-6-13)8-15-11-4-3-9(12(16)17)7-10(11)14/h3-4,7,15H,2,5-6,8H2,1H3,(H,16,17). The summed E-state index contributed by atoms with van der Waals surface area (Å²) in [6, 6.07) is 4.78. The first kappa shape index (κ1) is 12.2. The molecule has 0 aromatic heterocycles. The Morgan fingerprint density at radius 2 is 2.24 bits per heavy atom. The highest BCUT2D eigenvalue weighted by Crippen LogP contribution is 2.40. The van der Waals surface area contributed by atoms with Crippen molar-refractivity contribution >= 4 is 23.3 Å². The first-order valence-corrected chi connectivity index (χ1v) is 6.15. The van der Waals surface area contributed by atoms with Crippen LogP contribution in [0.1, 0.15) is 36.5 Å². The van der Waals surface area contributed by atoms with Crippen LogP contribution in [-0.4, -0.2) is 17.6 Å². The number of aromatic carboxylic acids is 1. The molecule has 3 nitrogen and oxygen atoms in total. The molecule has 0 atom stereocenters. The molecule has 4 heteroatoms. The van der Waals surface area contributed by atoms with Crippen LogP contribution in [0.15, 0.2) is 18.2 Å². The number of hydrogen-bond acceptors (Lipinski definition) is 2. The number of nitrogens with one attached hydrogen (secondary N) is 1. The quantitative estimate of drug-likeness (QED) is 0.861. The van der Waals surface area contributed by atoms with Crippen molar-refractivity contribution in [3.63, 3.8) is 0 Å². The average Bonchev–Trinajstić information content (AvgIpc) is 2.24. The molecule has 1 aliphatic rings. The van der Waals surface area contributed by atoms with Gasteiger partial charge in [0.2, 0.25) is 0 Å². The van der Waals surface area contributed by atoms with E-state index in [4.69, 9.17) is 16.7 Å². The van der Waals surface area contributed by atoms with Crippen molar-refractivity contribution in [2.45, 2.75) is 26.2 Å². The lowest BCUT2D eigenvalue weighted by molar-refractivity contribution is 0.0697. The fraction of sp³-hybridized carbons (Fsp3) is 0.462. The Labute approximate surface area is 106 Å². The summed E-state index contributed by atoms with van der Waals surface area (Å²) in [6.45, 7) is 3.14. The summed E-state index contributed by atoms with van der Waals surface area (Å²) in [5.41, 5.74) is 1.40. The van der Waals surface area contributed by atoms with Crippen LogP contribution in [0.3, 0.4) is 0 Å². The molecule has 0 heterocycles. The molecule has 0 unspecified atom stereocenters. The minimum absolute atomic E-state index is 0.218. The van der Waals surface area contributed by atoms with Crippen LogP contribution in [-0.2, 0) is 0 Å². The second-order valence-electron chi connectivity index (χ2n) is 5.02. The number of anilines is 1. The van der Waals surface area contributed by atoms with Gasteiger partial charge < -0.3 is 10.4 Å². The van der Waals surface area contributed by atoms with Crippen molar-refractivity contribution in [2.75, 3.05) is 11.9 Å². The predicted molar refractivity (Wildman–Crippen MR) is 68.9 cm³/mol. The van der Waals surface area contributed by atoms with Crippen molar-refractivity contribution < 1.29 is 9.90 Å². The van der Waals surface area contributed by atoms with Gasteiger partial charge in [0, 0.05) is 6.54 Å². The van der Waals surface area contributed by atoms with Crippen molar-refractivity contribution in [2.24, 2.45) is 5.41 Å². The van der Waals surface area contributed by atoms with Gasteiger partial charge >= 0.3 is 5.97 Å². The molecule has 0 radical (unpaired) electrons. The fourth-order valence-electron chi connectivity index (χ4n) is 2.06. The summed E-state index contributed by atoms with van der Waals surface area (Å²) >= 11 is 6.04. The van der Waals surface area contributed by atoms with Gasteiger partial charge in [-0.05, 0) is 36.5 Å². The maximum Gasteiger partial charge on any atom is 0.335 e. The number of benzene rings is 1. The normalized spacial score (nSPS) is 17.3. The van der Waals surface area contributed by atoms with Crippen LogP contribution in [0.2, 0.25) is 5.02 Å². The number of carbonyl (C=O) groups is 1. The van der Waals surface area contributed by atoms with E-state index >= 15 is 0 Å². The molecule has 1 saturated carbocycles. The van der Waals surface area contributed by atoms with Gasteiger partial charge in [0.05, 0.1) is 16.3 Å². The lowest BCUT2D eigenvalue weighted by Crippen LogP contribution is -2.33. The molecule has 2 rings (SSSR count). The lowest BCUT2D eigenvalue weighted by Gasteiger charge is -2.38. The summed E-state index contributed by atoms with van der Waals surface area (Å²) in [6.07, 6.45) is 3.78.